The Kier molecular flexibility index (Phi) is 5.54. The van der Waals surface area contributed by atoms with Crippen LogP contribution < -0.4 is 15.7 Å². The van der Waals surface area contributed by atoms with E-state index in [1.54, 1.807) is 31.2 Å². The number of halogens is 1. The number of aromatic nitrogens is 2. The zero-order valence-corrected chi connectivity index (χ0v) is 17.7. The Morgan fingerprint density at radius 2 is 1.66 bits per heavy atom. The van der Waals surface area contributed by atoms with Crippen molar-refractivity contribution < 1.29 is 17.6 Å². The standard InChI is InChI=1S/C22H19FN4O4S/c1-13(14-6-8-15(23)9-7-14)24-21(28)17-4-2-3-5-18(17)27-32(30,31)16-10-11-19-20(12-16)26-22(29)25-19/h2-13,27H,1H3,(H,24,28)(H2,25,26,29). The molecule has 4 rings (SSSR count). The number of nitrogens with one attached hydrogen (secondary N) is 4. The van der Waals surface area contributed by atoms with Crippen LogP contribution in [0.3, 0.4) is 0 Å². The van der Waals surface area contributed by atoms with Crippen LogP contribution in [0.25, 0.3) is 11.0 Å². The van der Waals surface area contributed by atoms with Gasteiger partial charge in [-0.3, -0.25) is 9.52 Å². The average Bonchev–Trinajstić information content (AvgIpc) is 3.13. The Morgan fingerprint density at radius 3 is 2.41 bits per heavy atom. The van der Waals surface area contributed by atoms with Crippen molar-refractivity contribution >= 4 is 32.7 Å². The van der Waals surface area contributed by atoms with E-state index in [4.69, 9.17) is 0 Å². The fourth-order valence-corrected chi connectivity index (χ4v) is 4.37. The number of sulfonamides is 1. The van der Waals surface area contributed by atoms with Crippen LogP contribution >= 0.6 is 0 Å². The maximum absolute atomic E-state index is 13.1. The van der Waals surface area contributed by atoms with E-state index in [9.17, 15) is 22.4 Å². The van der Waals surface area contributed by atoms with Gasteiger partial charge in [0.2, 0.25) is 0 Å². The number of fused-ring (bicyclic) bond motifs is 1. The molecular formula is C22H19FN4O4S. The number of imidazole rings is 1. The molecule has 4 N–H and O–H groups in total. The number of para-hydroxylation sites is 1. The molecule has 0 aliphatic rings. The molecule has 0 aliphatic carbocycles. The van der Waals surface area contributed by atoms with Gasteiger partial charge < -0.3 is 15.3 Å². The summed E-state index contributed by atoms with van der Waals surface area (Å²) in [5.74, 6) is -0.875. The number of carbonyl (C=O) groups excluding carboxylic acids is 1. The summed E-state index contributed by atoms with van der Waals surface area (Å²) in [7, 11) is -4.04. The molecule has 1 amide bonds. The normalized spacial score (nSPS) is 12.4. The van der Waals surface area contributed by atoms with Gasteiger partial charge in [0.05, 0.1) is 33.2 Å². The van der Waals surface area contributed by atoms with E-state index in [0.29, 0.717) is 16.6 Å². The summed E-state index contributed by atoms with van der Waals surface area (Å²) in [6.45, 7) is 1.74. The molecule has 3 aromatic carbocycles. The summed E-state index contributed by atoms with van der Waals surface area (Å²) in [6.07, 6.45) is 0. The molecule has 10 heteroatoms. The first-order valence-electron chi connectivity index (χ1n) is 9.63. The quantitative estimate of drug-likeness (QED) is 0.357. The minimum Gasteiger partial charge on any atom is -0.345 e. The van der Waals surface area contributed by atoms with Gasteiger partial charge in [-0.25, -0.2) is 17.6 Å². The molecule has 0 saturated carbocycles. The molecule has 0 bridgehead atoms. The second-order valence-electron chi connectivity index (χ2n) is 7.18. The molecule has 32 heavy (non-hydrogen) atoms. The lowest BCUT2D eigenvalue weighted by Gasteiger charge is -2.17. The third kappa shape index (κ3) is 4.40. The molecule has 4 aromatic rings. The summed E-state index contributed by atoms with van der Waals surface area (Å²) in [4.78, 5) is 29.3. The number of hydrogen-bond acceptors (Lipinski definition) is 4. The maximum atomic E-state index is 13.1. The van der Waals surface area contributed by atoms with Crippen LogP contribution in [-0.2, 0) is 10.0 Å². The van der Waals surface area contributed by atoms with Crippen LogP contribution in [0, 0.1) is 5.82 Å². The van der Waals surface area contributed by atoms with Crippen LogP contribution in [-0.4, -0.2) is 24.3 Å². The van der Waals surface area contributed by atoms with E-state index in [1.165, 1.54) is 42.5 Å². The first-order chi connectivity index (χ1) is 15.2. The van der Waals surface area contributed by atoms with Crippen molar-refractivity contribution in [1.82, 2.24) is 15.3 Å². The summed E-state index contributed by atoms with van der Waals surface area (Å²) in [6, 6.07) is 15.7. The fraction of sp³-hybridized carbons (Fsp3) is 0.0909. The zero-order valence-electron chi connectivity index (χ0n) is 16.8. The Bertz CT molecular complexity index is 1460. The van der Waals surface area contributed by atoms with Gasteiger partial charge in [0.1, 0.15) is 5.82 Å². The van der Waals surface area contributed by atoms with Crippen LogP contribution in [0.4, 0.5) is 10.1 Å². The highest BCUT2D eigenvalue weighted by Crippen LogP contribution is 2.23. The largest absolute Gasteiger partial charge is 0.345 e. The van der Waals surface area contributed by atoms with Crippen molar-refractivity contribution in [3.8, 4) is 0 Å². The Balaban J connectivity index is 1.58. The molecule has 1 heterocycles. The van der Waals surface area contributed by atoms with Gasteiger partial charge in [-0.2, -0.15) is 0 Å². The van der Waals surface area contributed by atoms with Gasteiger partial charge in [0.25, 0.3) is 15.9 Å². The topological polar surface area (TPSA) is 124 Å². The number of benzene rings is 3. The van der Waals surface area contributed by atoms with Crippen molar-refractivity contribution in [2.45, 2.75) is 17.9 Å². The van der Waals surface area contributed by atoms with Gasteiger partial charge in [0, 0.05) is 0 Å². The molecule has 0 saturated heterocycles. The number of rotatable bonds is 6. The highest BCUT2D eigenvalue weighted by atomic mass is 32.2. The lowest BCUT2D eigenvalue weighted by molar-refractivity contribution is 0.0941. The van der Waals surface area contributed by atoms with Gasteiger partial charge >= 0.3 is 5.69 Å². The highest BCUT2D eigenvalue weighted by Gasteiger charge is 2.20. The molecule has 1 aromatic heterocycles. The molecule has 8 nitrogen and oxygen atoms in total. The van der Waals surface area contributed by atoms with Gasteiger partial charge in [-0.15, -0.1) is 0 Å². The highest BCUT2D eigenvalue weighted by molar-refractivity contribution is 7.92. The zero-order chi connectivity index (χ0) is 22.9. The molecular weight excluding hydrogens is 435 g/mol. The second kappa shape index (κ2) is 8.31. The summed E-state index contributed by atoms with van der Waals surface area (Å²) < 4.78 is 41.4. The molecule has 0 spiro atoms. The lowest BCUT2D eigenvalue weighted by atomic mass is 10.1. The van der Waals surface area contributed by atoms with Crippen molar-refractivity contribution in [2.75, 3.05) is 4.72 Å². The predicted molar refractivity (Wildman–Crippen MR) is 118 cm³/mol. The van der Waals surface area contributed by atoms with Crippen molar-refractivity contribution in [3.63, 3.8) is 0 Å². The second-order valence-corrected chi connectivity index (χ2v) is 8.87. The summed E-state index contributed by atoms with van der Waals surface area (Å²) >= 11 is 0. The Hall–Kier alpha value is -3.92. The number of amides is 1. The SMILES string of the molecule is CC(NC(=O)c1ccccc1NS(=O)(=O)c1ccc2[nH]c(=O)[nH]c2c1)c1ccc(F)cc1. The Labute approximate surface area is 182 Å². The minimum atomic E-state index is -4.04. The van der Waals surface area contributed by atoms with E-state index in [0.717, 1.165) is 0 Å². The average molecular weight is 454 g/mol. The van der Waals surface area contributed by atoms with E-state index in [1.807, 2.05) is 0 Å². The van der Waals surface area contributed by atoms with E-state index in [2.05, 4.69) is 20.0 Å². The first-order valence-corrected chi connectivity index (χ1v) is 11.1. The van der Waals surface area contributed by atoms with Crippen LogP contribution in [0.1, 0.15) is 28.9 Å². The van der Waals surface area contributed by atoms with Crippen molar-refractivity contribution in [2.24, 2.45) is 0 Å². The lowest BCUT2D eigenvalue weighted by Crippen LogP contribution is -2.28. The molecule has 0 radical (unpaired) electrons. The molecule has 1 unspecified atom stereocenters. The minimum absolute atomic E-state index is 0.0739. The molecule has 1 atom stereocenters. The Morgan fingerprint density at radius 1 is 0.969 bits per heavy atom. The third-order valence-electron chi connectivity index (χ3n) is 4.93. The van der Waals surface area contributed by atoms with Gasteiger partial charge in [-0.1, -0.05) is 24.3 Å². The van der Waals surface area contributed by atoms with Gasteiger partial charge in [-0.05, 0) is 55.0 Å². The van der Waals surface area contributed by atoms with E-state index >= 15 is 0 Å². The van der Waals surface area contributed by atoms with Gasteiger partial charge in [0.15, 0.2) is 0 Å². The monoisotopic (exact) mass is 454 g/mol. The number of carbonyl (C=O) groups is 1. The first kappa shape index (κ1) is 21.3. The smallest absolute Gasteiger partial charge is 0.323 e. The maximum Gasteiger partial charge on any atom is 0.323 e. The molecule has 164 valence electrons. The third-order valence-corrected chi connectivity index (χ3v) is 6.29. The van der Waals surface area contributed by atoms with E-state index in [-0.39, 0.29) is 22.0 Å². The predicted octanol–water partition coefficient (Wildman–Crippen LogP) is 3.29. The number of H-pyrrole nitrogens is 2. The summed E-state index contributed by atoms with van der Waals surface area (Å²) in [5.41, 5.74) is 1.30. The van der Waals surface area contributed by atoms with E-state index < -0.39 is 27.7 Å². The van der Waals surface area contributed by atoms with Crippen LogP contribution in [0.5, 0.6) is 0 Å². The molecule has 0 fully saturated rings. The number of anilines is 1. The van der Waals surface area contributed by atoms with Crippen molar-refractivity contribution in [3.05, 3.63) is 94.2 Å². The molecule has 0 aliphatic heterocycles. The number of hydrogen-bond donors (Lipinski definition) is 4. The van der Waals surface area contributed by atoms with Crippen LogP contribution in [0.2, 0.25) is 0 Å². The van der Waals surface area contributed by atoms with Crippen molar-refractivity contribution in [1.29, 1.82) is 0 Å². The number of aromatic amines is 2. The summed E-state index contributed by atoms with van der Waals surface area (Å²) in [5, 5.41) is 2.78. The fourth-order valence-electron chi connectivity index (χ4n) is 3.26. The van der Waals surface area contributed by atoms with Crippen LogP contribution in [0.15, 0.2) is 76.4 Å².